The van der Waals surface area contributed by atoms with Gasteiger partial charge in [0.1, 0.15) is 17.9 Å². The standard InChI is InChI=1S/C24H27FN2.C13H13FN2.C11H14O/c1-24(2,3)22-8-4-19(5-9-22)16-27(18-21-12-14-26-15-13-21)17-20-6-10-23(25)11-7-20;14-13-3-1-11(2-4-13)9-16-10-12-5-7-15-8-6-12;1-11(2,3)10-6-4-9(8-12)5-7-10/h4-15H,16-18H2,1-3H3;1-8,16H,9-10H2;4-8H,1-3H3. The summed E-state index contributed by atoms with van der Waals surface area (Å²) in [6.45, 7) is 17.1. The second-order valence-corrected chi connectivity index (χ2v) is 15.6. The average molecular weight is 741 g/mol. The Morgan fingerprint density at radius 3 is 1.22 bits per heavy atom. The zero-order chi connectivity index (χ0) is 39.7. The fourth-order valence-corrected chi connectivity index (χ4v) is 5.65. The van der Waals surface area contributed by atoms with Gasteiger partial charge in [-0.1, -0.05) is 114 Å². The lowest BCUT2D eigenvalue weighted by atomic mass is 9.87. The van der Waals surface area contributed by atoms with Gasteiger partial charge in [0.15, 0.2) is 0 Å². The van der Waals surface area contributed by atoms with Crippen LogP contribution < -0.4 is 5.32 Å². The molecule has 6 rings (SSSR count). The first-order chi connectivity index (χ1) is 26.3. The van der Waals surface area contributed by atoms with Crippen molar-refractivity contribution in [1.82, 2.24) is 20.2 Å². The molecule has 286 valence electrons. The van der Waals surface area contributed by atoms with Crippen LogP contribution in [-0.2, 0) is 43.6 Å². The van der Waals surface area contributed by atoms with Crippen LogP contribution in [0.5, 0.6) is 0 Å². The third-order valence-corrected chi connectivity index (χ3v) is 8.93. The molecule has 0 saturated carbocycles. The van der Waals surface area contributed by atoms with Gasteiger partial charge in [0.2, 0.25) is 0 Å². The third kappa shape index (κ3) is 15.5. The number of carbonyl (C=O) groups excluding carboxylic acids is 1. The van der Waals surface area contributed by atoms with Gasteiger partial charge in [-0.25, -0.2) is 8.78 Å². The number of nitrogens with zero attached hydrogens (tertiary/aromatic N) is 3. The van der Waals surface area contributed by atoms with Crippen molar-refractivity contribution in [1.29, 1.82) is 0 Å². The summed E-state index contributed by atoms with van der Waals surface area (Å²) in [5.74, 6) is -0.393. The zero-order valence-corrected chi connectivity index (χ0v) is 33.0. The number of nitrogens with one attached hydrogen (secondary N) is 1. The van der Waals surface area contributed by atoms with E-state index in [0.29, 0.717) is 0 Å². The molecule has 2 heterocycles. The topological polar surface area (TPSA) is 58.1 Å². The van der Waals surface area contributed by atoms with E-state index in [-0.39, 0.29) is 22.5 Å². The van der Waals surface area contributed by atoms with Crippen LogP contribution in [0.2, 0.25) is 0 Å². The molecule has 2 aromatic heterocycles. The molecule has 0 aliphatic heterocycles. The fraction of sp³-hybridized carbons (Fsp3) is 0.271. The molecule has 0 aliphatic carbocycles. The van der Waals surface area contributed by atoms with Crippen molar-refractivity contribution in [2.75, 3.05) is 0 Å². The van der Waals surface area contributed by atoms with Crippen LogP contribution >= 0.6 is 0 Å². The number of hydrogen-bond donors (Lipinski definition) is 1. The van der Waals surface area contributed by atoms with E-state index in [4.69, 9.17) is 0 Å². The van der Waals surface area contributed by atoms with Crippen LogP contribution in [0.1, 0.15) is 90.8 Å². The van der Waals surface area contributed by atoms with E-state index >= 15 is 0 Å². The summed E-state index contributed by atoms with van der Waals surface area (Å²) in [6, 6.07) is 37.9. The van der Waals surface area contributed by atoms with Crippen LogP contribution in [0.15, 0.2) is 146 Å². The Hall–Kier alpha value is -5.37. The van der Waals surface area contributed by atoms with Gasteiger partial charge in [-0.05, 0) is 98.3 Å². The Labute approximate surface area is 326 Å². The largest absolute Gasteiger partial charge is 0.309 e. The number of aldehydes is 1. The highest BCUT2D eigenvalue weighted by Crippen LogP contribution is 2.24. The molecule has 6 aromatic rings. The number of benzene rings is 4. The molecular weight excluding hydrogens is 687 g/mol. The predicted molar refractivity (Wildman–Crippen MR) is 220 cm³/mol. The normalized spacial score (nSPS) is 11.2. The van der Waals surface area contributed by atoms with Crippen LogP contribution in [-0.4, -0.2) is 21.2 Å². The first kappa shape index (κ1) is 42.4. The maximum atomic E-state index is 13.2. The summed E-state index contributed by atoms with van der Waals surface area (Å²) < 4.78 is 25.9. The van der Waals surface area contributed by atoms with E-state index < -0.39 is 0 Å². The van der Waals surface area contributed by atoms with Gasteiger partial charge in [0.05, 0.1) is 0 Å². The van der Waals surface area contributed by atoms with Crippen molar-refractivity contribution in [3.05, 3.63) is 202 Å². The predicted octanol–water partition coefficient (Wildman–Crippen LogP) is 11.0. The molecule has 4 aromatic carbocycles. The van der Waals surface area contributed by atoms with Crippen molar-refractivity contribution in [3.63, 3.8) is 0 Å². The van der Waals surface area contributed by atoms with Crippen molar-refractivity contribution in [3.8, 4) is 0 Å². The Bertz CT molecular complexity index is 1970. The van der Waals surface area contributed by atoms with E-state index in [0.717, 1.165) is 55.7 Å². The lowest BCUT2D eigenvalue weighted by molar-refractivity contribution is 0.112. The molecule has 0 radical (unpaired) electrons. The maximum absolute atomic E-state index is 13.2. The minimum Gasteiger partial charge on any atom is -0.309 e. The average Bonchev–Trinajstić information content (AvgIpc) is 3.17. The van der Waals surface area contributed by atoms with Gasteiger partial charge >= 0.3 is 0 Å². The Morgan fingerprint density at radius 2 is 0.818 bits per heavy atom. The van der Waals surface area contributed by atoms with E-state index in [1.54, 1.807) is 24.5 Å². The molecule has 5 nitrogen and oxygen atoms in total. The smallest absolute Gasteiger partial charge is 0.150 e. The van der Waals surface area contributed by atoms with Crippen molar-refractivity contribution in [2.45, 2.75) is 85.1 Å². The van der Waals surface area contributed by atoms with Gasteiger partial charge < -0.3 is 5.32 Å². The Balaban J connectivity index is 0.000000203. The molecule has 55 heavy (non-hydrogen) atoms. The van der Waals surface area contributed by atoms with Crippen LogP contribution in [0.25, 0.3) is 0 Å². The van der Waals surface area contributed by atoms with E-state index in [1.807, 2.05) is 73.1 Å². The molecule has 0 aliphatic rings. The molecule has 0 saturated heterocycles. The van der Waals surface area contributed by atoms with Crippen LogP contribution in [0, 0.1) is 11.6 Å². The quantitative estimate of drug-likeness (QED) is 0.134. The SMILES string of the molecule is CC(C)(C)c1ccc(C=O)cc1.CC(C)(C)c1ccc(CN(Cc2ccncc2)Cc2ccc(F)cc2)cc1.Fc1ccc(CNCc2ccncc2)cc1. The molecule has 7 heteroatoms. The number of rotatable bonds is 11. The maximum Gasteiger partial charge on any atom is 0.150 e. The number of pyridine rings is 2. The Kier molecular flexibility index (Phi) is 16.1. The zero-order valence-electron chi connectivity index (χ0n) is 33.0. The van der Waals surface area contributed by atoms with Gasteiger partial charge in [0.25, 0.3) is 0 Å². The molecule has 0 amide bonds. The van der Waals surface area contributed by atoms with E-state index in [9.17, 15) is 13.6 Å². The van der Waals surface area contributed by atoms with Gasteiger partial charge in [0, 0.05) is 63.1 Å². The lowest BCUT2D eigenvalue weighted by Crippen LogP contribution is -2.22. The first-order valence-electron chi connectivity index (χ1n) is 18.6. The molecular formula is C48H54F2N4O. The van der Waals surface area contributed by atoms with E-state index in [1.165, 1.54) is 52.1 Å². The molecule has 0 bridgehead atoms. The minimum atomic E-state index is -0.197. The molecule has 0 spiro atoms. The summed E-state index contributed by atoms with van der Waals surface area (Å²) >= 11 is 0. The number of aromatic nitrogens is 2. The second kappa shape index (κ2) is 20.9. The highest BCUT2D eigenvalue weighted by atomic mass is 19.1. The number of carbonyl (C=O) groups is 1. The summed E-state index contributed by atoms with van der Waals surface area (Å²) in [7, 11) is 0. The molecule has 1 N–H and O–H groups in total. The number of hydrogen-bond acceptors (Lipinski definition) is 5. The fourth-order valence-electron chi connectivity index (χ4n) is 5.65. The van der Waals surface area contributed by atoms with Gasteiger partial charge in [-0.2, -0.15) is 0 Å². The van der Waals surface area contributed by atoms with Crippen molar-refractivity contribution in [2.24, 2.45) is 0 Å². The highest BCUT2D eigenvalue weighted by molar-refractivity contribution is 5.74. The lowest BCUT2D eigenvalue weighted by Gasteiger charge is -2.24. The number of halogens is 2. The van der Waals surface area contributed by atoms with Crippen molar-refractivity contribution < 1.29 is 13.6 Å². The van der Waals surface area contributed by atoms with Crippen LogP contribution in [0.3, 0.4) is 0 Å². The summed E-state index contributed by atoms with van der Waals surface area (Å²) in [4.78, 5) is 20.8. The second-order valence-electron chi connectivity index (χ2n) is 15.6. The highest BCUT2D eigenvalue weighted by Gasteiger charge is 2.15. The monoisotopic (exact) mass is 740 g/mol. The van der Waals surface area contributed by atoms with Gasteiger partial charge in [-0.3, -0.25) is 19.7 Å². The third-order valence-electron chi connectivity index (χ3n) is 8.93. The van der Waals surface area contributed by atoms with Crippen LogP contribution in [0.4, 0.5) is 8.78 Å². The molecule has 0 atom stereocenters. The molecule has 0 unspecified atom stereocenters. The molecule has 0 fully saturated rings. The first-order valence-corrected chi connectivity index (χ1v) is 18.6. The summed E-state index contributed by atoms with van der Waals surface area (Å²) in [6.07, 6.45) is 8.06. The van der Waals surface area contributed by atoms with Gasteiger partial charge in [-0.15, -0.1) is 0 Å². The van der Waals surface area contributed by atoms with E-state index in [2.05, 4.69) is 86.0 Å². The summed E-state index contributed by atoms with van der Waals surface area (Å²) in [5.41, 5.74) is 9.54. The van der Waals surface area contributed by atoms with Crippen molar-refractivity contribution >= 4 is 6.29 Å². The summed E-state index contributed by atoms with van der Waals surface area (Å²) in [5, 5.41) is 3.29. The minimum absolute atomic E-state index is 0.156. The Morgan fingerprint density at radius 1 is 0.491 bits per heavy atom.